The fourth-order valence-corrected chi connectivity index (χ4v) is 1.99. The van der Waals surface area contributed by atoms with E-state index >= 15 is 0 Å². The second kappa shape index (κ2) is 5.68. The van der Waals surface area contributed by atoms with Gasteiger partial charge >= 0.3 is 0 Å². The third kappa shape index (κ3) is 2.72. The molecule has 0 radical (unpaired) electrons. The van der Waals surface area contributed by atoms with Gasteiger partial charge in [-0.3, -0.25) is 0 Å². The summed E-state index contributed by atoms with van der Waals surface area (Å²) in [6.45, 7) is 0.457. The fourth-order valence-electron chi connectivity index (χ4n) is 1.99. The number of nitrogens with zero attached hydrogens (tertiary/aromatic N) is 4. The van der Waals surface area contributed by atoms with E-state index in [0.717, 1.165) is 22.0 Å². The fraction of sp³-hybridized carbons (Fsp3) is 0.143. The van der Waals surface area contributed by atoms with E-state index in [1.165, 1.54) is 6.33 Å². The summed E-state index contributed by atoms with van der Waals surface area (Å²) in [6.07, 6.45) is 4.88. The van der Waals surface area contributed by atoms with E-state index in [-0.39, 0.29) is 6.61 Å². The number of benzene rings is 1. The molecule has 0 aliphatic rings. The van der Waals surface area contributed by atoms with Crippen molar-refractivity contribution in [2.45, 2.75) is 0 Å². The number of rotatable bonds is 4. The average molecular weight is 282 g/mol. The average Bonchev–Trinajstić information content (AvgIpc) is 2.54. The van der Waals surface area contributed by atoms with E-state index < -0.39 is 0 Å². The first-order valence-corrected chi connectivity index (χ1v) is 6.45. The summed E-state index contributed by atoms with van der Waals surface area (Å²) in [5.74, 6) is 0.931. The van der Waals surface area contributed by atoms with Crippen molar-refractivity contribution >= 4 is 22.7 Å². The molecule has 0 saturated carbocycles. The van der Waals surface area contributed by atoms with Gasteiger partial charge in [0.2, 0.25) is 5.95 Å². The molecule has 0 spiro atoms. The van der Waals surface area contributed by atoms with Gasteiger partial charge in [-0.05, 0) is 17.7 Å². The Bertz CT molecular complexity index is 759. The van der Waals surface area contributed by atoms with Gasteiger partial charge in [0.15, 0.2) is 0 Å². The Morgan fingerprint density at radius 1 is 1.05 bits per heavy atom. The zero-order valence-electron chi connectivity index (χ0n) is 11.2. The van der Waals surface area contributed by atoms with E-state index in [9.17, 15) is 0 Å². The molecular weight excluding hydrogens is 268 g/mol. The SMILES string of the molecule is Nc1ncnc2ccc(-c3cnc(NCCO)nc3)cc12. The van der Waals surface area contributed by atoms with Gasteiger partial charge < -0.3 is 16.2 Å². The highest BCUT2D eigenvalue weighted by atomic mass is 16.3. The molecular formula is C14H14N6O. The molecule has 0 bridgehead atoms. The largest absolute Gasteiger partial charge is 0.395 e. The number of nitrogens with two attached hydrogens (primary N) is 1. The lowest BCUT2D eigenvalue weighted by Gasteiger charge is -2.06. The van der Waals surface area contributed by atoms with Crippen LogP contribution in [0.25, 0.3) is 22.0 Å². The summed E-state index contributed by atoms with van der Waals surface area (Å²) in [5.41, 5.74) is 8.48. The second-order valence-electron chi connectivity index (χ2n) is 4.44. The van der Waals surface area contributed by atoms with Crippen LogP contribution in [0.3, 0.4) is 0 Å². The highest BCUT2D eigenvalue weighted by molar-refractivity contribution is 5.91. The first kappa shape index (κ1) is 13.2. The predicted octanol–water partition coefficient (Wildman–Crippen LogP) is 1.07. The van der Waals surface area contributed by atoms with E-state index in [1.54, 1.807) is 12.4 Å². The zero-order valence-corrected chi connectivity index (χ0v) is 11.2. The quantitative estimate of drug-likeness (QED) is 0.656. The van der Waals surface area contributed by atoms with Gasteiger partial charge in [-0.1, -0.05) is 6.07 Å². The molecule has 0 aliphatic carbocycles. The monoisotopic (exact) mass is 282 g/mol. The van der Waals surface area contributed by atoms with Crippen molar-refractivity contribution in [1.29, 1.82) is 0 Å². The Morgan fingerprint density at radius 3 is 2.62 bits per heavy atom. The molecule has 7 heteroatoms. The minimum atomic E-state index is 0.0368. The summed E-state index contributed by atoms with van der Waals surface area (Å²) in [6, 6.07) is 5.75. The van der Waals surface area contributed by atoms with E-state index in [4.69, 9.17) is 10.8 Å². The third-order valence-electron chi connectivity index (χ3n) is 3.05. The van der Waals surface area contributed by atoms with Crippen LogP contribution in [0.1, 0.15) is 0 Å². The Hall–Kier alpha value is -2.80. The van der Waals surface area contributed by atoms with Gasteiger partial charge in [0, 0.05) is 29.9 Å². The summed E-state index contributed by atoms with van der Waals surface area (Å²) in [7, 11) is 0. The van der Waals surface area contributed by atoms with Crippen LogP contribution in [0.4, 0.5) is 11.8 Å². The molecule has 106 valence electrons. The van der Waals surface area contributed by atoms with Crippen molar-refractivity contribution in [2.24, 2.45) is 0 Å². The molecule has 1 aromatic carbocycles. The lowest BCUT2D eigenvalue weighted by Crippen LogP contribution is -2.08. The zero-order chi connectivity index (χ0) is 14.7. The van der Waals surface area contributed by atoms with E-state index in [0.29, 0.717) is 18.3 Å². The van der Waals surface area contributed by atoms with Crippen LogP contribution < -0.4 is 11.1 Å². The number of hydrogen-bond donors (Lipinski definition) is 3. The van der Waals surface area contributed by atoms with Crippen molar-refractivity contribution in [3.63, 3.8) is 0 Å². The molecule has 2 heterocycles. The van der Waals surface area contributed by atoms with Gasteiger partial charge in [0.05, 0.1) is 12.1 Å². The molecule has 0 fully saturated rings. The molecule has 3 aromatic rings. The molecule has 0 saturated heterocycles. The van der Waals surface area contributed by atoms with Crippen LogP contribution >= 0.6 is 0 Å². The molecule has 0 atom stereocenters. The molecule has 21 heavy (non-hydrogen) atoms. The maximum atomic E-state index is 8.75. The molecule has 4 N–H and O–H groups in total. The summed E-state index contributed by atoms with van der Waals surface area (Å²) in [5, 5.41) is 12.4. The minimum absolute atomic E-state index is 0.0368. The smallest absolute Gasteiger partial charge is 0.222 e. The summed E-state index contributed by atoms with van der Waals surface area (Å²) >= 11 is 0. The summed E-state index contributed by atoms with van der Waals surface area (Å²) < 4.78 is 0. The van der Waals surface area contributed by atoms with Crippen LogP contribution in [0.2, 0.25) is 0 Å². The van der Waals surface area contributed by atoms with Crippen LogP contribution in [0.5, 0.6) is 0 Å². The number of nitrogens with one attached hydrogen (secondary N) is 1. The second-order valence-corrected chi connectivity index (χ2v) is 4.44. The van der Waals surface area contributed by atoms with E-state index in [2.05, 4.69) is 25.3 Å². The standard InChI is InChI=1S/C14H14N6O/c15-13-11-5-9(1-2-12(11)19-8-20-13)10-6-17-14(18-7-10)16-3-4-21/h1-2,5-8,21H,3-4H2,(H2,15,19,20)(H,16,17,18). The molecule has 3 rings (SSSR count). The number of aliphatic hydroxyl groups is 1. The van der Waals surface area contributed by atoms with E-state index in [1.807, 2.05) is 18.2 Å². The normalized spacial score (nSPS) is 10.7. The first-order chi connectivity index (χ1) is 10.3. The lowest BCUT2D eigenvalue weighted by atomic mass is 10.1. The number of anilines is 2. The molecule has 0 aliphatic heterocycles. The third-order valence-corrected chi connectivity index (χ3v) is 3.05. The summed E-state index contributed by atoms with van der Waals surface area (Å²) in [4.78, 5) is 16.6. The van der Waals surface area contributed by atoms with Crippen LogP contribution in [-0.2, 0) is 0 Å². The Labute approximate surface area is 120 Å². The van der Waals surface area contributed by atoms with Crippen molar-refractivity contribution in [3.05, 3.63) is 36.9 Å². The maximum absolute atomic E-state index is 8.75. The molecule has 7 nitrogen and oxygen atoms in total. The van der Waals surface area contributed by atoms with Crippen LogP contribution in [0, 0.1) is 0 Å². The topological polar surface area (TPSA) is 110 Å². The van der Waals surface area contributed by atoms with Crippen molar-refractivity contribution in [2.75, 3.05) is 24.2 Å². The number of fused-ring (bicyclic) bond motifs is 1. The number of aliphatic hydroxyl groups excluding tert-OH is 1. The Kier molecular flexibility index (Phi) is 3.57. The van der Waals surface area contributed by atoms with Crippen LogP contribution in [-0.4, -0.2) is 38.2 Å². The number of hydrogen-bond acceptors (Lipinski definition) is 7. The minimum Gasteiger partial charge on any atom is -0.395 e. The van der Waals surface area contributed by atoms with Gasteiger partial charge in [-0.25, -0.2) is 19.9 Å². The van der Waals surface area contributed by atoms with Crippen molar-refractivity contribution in [3.8, 4) is 11.1 Å². The van der Waals surface area contributed by atoms with Crippen LogP contribution in [0.15, 0.2) is 36.9 Å². The highest BCUT2D eigenvalue weighted by Gasteiger charge is 2.05. The highest BCUT2D eigenvalue weighted by Crippen LogP contribution is 2.25. The number of aromatic nitrogens is 4. The predicted molar refractivity (Wildman–Crippen MR) is 80.6 cm³/mol. The lowest BCUT2D eigenvalue weighted by molar-refractivity contribution is 0.311. The van der Waals surface area contributed by atoms with Gasteiger partial charge in [0.25, 0.3) is 0 Å². The van der Waals surface area contributed by atoms with Gasteiger partial charge in [-0.2, -0.15) is 0 Å². The molecule has 2 aromatic heterocycles. The van der Waals surface area contributed by atoms with Crippen molar-refractivity contribution in [1.82, 2.24) is 19.9 Å². The maximum Gasteiger partial charge on any atom is 0.222 e. The van der Waals surface area contributed by atoms with Gasteiger partial charge in [-0.15, -0.1) is 0 Å². The first-order valence-electron chi connectivity index (χ1n) is 6.45. The van der Waals surface area contributed by atoms with Crippen molar-refractivity contribution < 1.29 is 5.11 Å². The Balaban J connectivity index is 1.94. The Morgan fingerprint density at radius 2 is 1.86 bits per heavy atom. The van der Waals surface area contributed by atoms with Gasteiger partial charge in [0.1, 0.15) is 12.1 Å². The number of nitrogen functional groups attached to an aromatic ring is 1. The molecule has 0 amide bonds. The molecule has 0 unspecified atom stereocenters.